The third kappa shape index (κ3) is 2.31. The Kier molecular flexibility index (Phi) is 3.55. The minimum atomic E-state index is -0.0648. The maximum absolute atomic E-state index is 10.3. The molecule has 3 N–H and O–H groups in total. The molecular formula is C14H18N2O3. The lowest BCUT2D eigenvalue weighted by atomic mass is 10.3. The quantitative estimate of drug-likeness (QED) is 0.791. The molecule has 5 nitrogen and oxygen atoms in total. The van der Waals surface area contributed by atoms with E-state index < -0.39 is 0 Å². The van der Waals surface area contributed by atoms with Crippen LogP contribution in [0.5, 0.6) is 17.5 Å². The Balaban J connectivity index is 2.53. The highest BCUT2D eigenvalue weighted by Gasteiger charge is 2.18. The average molecular weight is 262 g/mol. The molecule has 19 heavy (non-hydrogen) atoms. The monoisotopic (exact) mass is 262 g/mol. The number of rotatable bonds is 4. The molecule has 2 aromatic rings. The normalized spacial score (nSPS) is 10.6. The van der Waals surface area contributed by atoms with Crippen molar-refractivity contribution in [3.63, 3.8) is 0 Å². The summed E-state index contributed by atoms with van der Waals surface area (Å²) < 4.78 is 1.30. The van der Waals surface area contributed by atoms with Gasteiger partial charge >= 0.3 is 0 Å². The van der Waals surface area contributed by atoms with Crippen molar-refractivity contribution < 1.29 is 15.3 Å². The van der Waals surface area contributed by atoms with Crippen molar-refractivity contribution in [2.24, 2.45) is 0 Å². The molecule has 0 saturated carbocycles. The standard InChI is InChI=1S/C14H18N2O3/c1-3-15(4-2)12-9-13(18)16(14(12)19)10-6-5-7-11(17)8-10/h5-9,17-19H,3-4H2,1-2H3. The van der Waals surface area contributed by atoms with Gasteiger partial charge in [-0.25, -0.2) is 4.57 Å². The molecule has 0 unspecified atom stereocenters. The van der Waals surface area contributed by atoms with Crippen LogP contribution in [0.1, 0.15) is 13.8 Å². The molecule has 0 amide bonds. The fourth-order valence-electron chi connectivity index (χ4n) is 2.16. The second kappa shape index (κ2) is 5.14. The van der Waals surface area contributed by atoms with Gasteiger partial charge in [-0.3, -0.25) is 0 Å². The van der Waals surface area contributed by atoms with Gasteiger partial charge in [0.15, 0.2) is 0 Å². The highest BCUT2D eigenvalue weighted by atomic mass is 16.3. The van der Waals surface area contributed by atoms with E-state index in [4.69, 9.17) is 0 Å². The maximum Gasteiger partial charge on any atom is 0.223 e. The Hall–Kier alpha value is -2.30. The molecule has 1 heterocycles. The molecule has 1 aromatic heterocycles. The van der Waals surface area contributed by atoms with Crippen LogP contribution in [0.2, 0.25) is 0 Å². The van der Waals surface area contributed by atoms with Crippen molar-refractivity contribution >= 4 is 5.69 Å². The van der Waals surface area contributed by atoms with Crippen LogP contribution in [0.15, 0.2) is 30.3 Å². The van der Waals surface area contributed by atoms with Gasteiger partial charge in [-0.1, -0.05) is 6.07 Å². The summed E-state index contributed by atoms with van der Waals surface area (Å²) in [6.07, 6.45) is 0. The van der Waals surface area contributed by atoms with Gasteiger partial charge in [0, 0.05) is 25.2 Å². The lowest BCUT2D eigenvalue weighted by Gasteiger charge is -2.19. The first-order valence-corrected chi connectivity index (χ1v) is 6.26. The zero-order chi connectivity index (χ0) is 14.0. The summed E-state index contributed by atoms with van der Waals surface area (Å²) in [6, 6.07) is 7.88. The van der Waals surface area contributed by atoms with Crippen molar-refractivity contribution in [2.75, 3.05) is 18.0 Å². The number of aromatic hydroxyl groups is 3. The van der Waals surface area contributed by atoms with E-state index in [-0.39, 0.29) is 17.5 Å². The number of hydrogen-bond donors (Lipinski definition) is 3. The third-order valence-corrected chi connectivity index (χ3v) is 3.13. The lowest BCUT2D eigenvalue weighted by Crippen LogP contribution is -2.21. The predicted molar refractivity (Wildman–Crippen MR) is 74.3 cm³/mol. The summed E-state index contributed by atoms with van der Waals surface area (Å²) in [5, 5.41) is 29.7. The van der Waals surface area contributed by atoms with Crippen LogP contribution in [0.4, 0.5) is 5.69 Å². The van der Waals surface area contributed by atoms with Gasteiger partial charge in [0.25, 0.3) is 0 Å². The minimum absolute atomic E-state index is 0.0354. The first-order valence-electron chi connectivity index (χ1n) is 6.26. The topological polar surface area (TPSA) is 68.9 Å². The lowest BCUT2D eigenvalue weighted by molar-refractivity contribution is 0.402. The number of phenolic OH excluding ortho intramolecular Hbond substituents is 1. The van der Waals surface area contributed by atoms with E-state index in [1.54, 1.807) is 12.1 Å². The molecule has 102 valence electrons. The molecule has 5 heteroatoms. The Bertz CT molecular complexity index is 574. The summed E-state index contributed by atoms with van der Waals surface area (Å²) in [5.41, 5.74) is 1.08. The van der Waals surface area contributed by atoms with Crippen molar-refractivity contribution in [1.82, 2.24) is 4.57 Å². The summed E-state index contributed by atoms with van der Waals surface area (Å²) in [6.45, 7) is 5.42. The van der Waals surface area contributed by atoms with Crippen LogP contribution in [-0.2, 0) is 0 Å². The fraction of sp³-hybridized carbons (Fsp3) is 0.286. The van der Waals surface area contributed by atoms with Crippen LogP contribution < -0.4 is 4.90 Å². The van der Waals surface area contributed by atoms with Crippen LogP contribution in [0.3, 0.4) is 0 Å². The van der Waals surface area contributed by atoms with Gasteiger partial charge in [-0.05, 0) is 26.0 Å². The van der Waals surface area contributed by atoms with Crippen molar-refractivity contribution in [3.8, 4) is 23.2 Å². The van der Waals surface area contributed by atoms with E-state index in [0.717, 1.165) is 13.1 Å². The van der Waals surface area contributed by atoms with Gasteiger partial charge in [0.05, 0.1) is 5.69 Å². The summed E-state index contributed by atoms with van der Waals surface area (Å²) in [7, 11) is 0. The van der Waals surface area contributed by atoms with E-state index in [9.17, 15) is 15.3 Å². The summed E-state index contributed by atoms with van der Waals surface area (Å²) in [5.74, 6) is -0.0220. The highest BCUT2D eigenvalue weighted by molar-refractivity contribution is 5.63. The second-order valence-corrected chi connectivity index (χ2v) is 4.24. The zero-order valence-corrected chi connectivity index (χ0v) is 11.0. The molecule has 0 aliphatic heterocycles. The molecule has 0 spiro atoms. The molecule has 1 aromatic carbocycles. The van der Waals surface area contributed by atoms with Crippen molar-refractivity contribution in [2.45, 2.75) is 13.8 Å². The largest absolute Gasteiger partial charge is 0.508 e. The Morgan fingerprint density at radius 1 is 1.05 bits per heavy atom. The van der Waals surface area contributed by atoms with Gasteiger partial charge in [-0.15, -0.1) is 0 Å². The van der Waals surface area contributed by atoms with E-state index in [1.807, 2.05) is 18.7 Å². The summed E-state index contributed by atoms with van der Waals surface area (Å²) >= 11 is 0. The molecule has 0 fully saturated rings. The number of hydrogen-bond acceptors (Lipinski definition) is 4. The second-order valence-electron chi connectivity index (χ2n) is 4.24. The average Bonchev–Trinajstić information content (AvgIpc) is 2.67. The number of aromatic nitrogens is 1. The molecule has 2 rings (SSSR count). The Labute approximate surface area is 112 Å². The van der Waals surface area contributed by atoms with Crippen LogP contribution >= 0.6 is 0 Å². The van der Waals surface area contributed by atoms with E-state index >= 15 is 0 Å². The fourth-order valence-corrected chi connectivity index (χ4v) is 2.16. The van der Waals surface area contributed by atoms with Crippen molar-refractivity contribution in [3.05, 3.63) is 30.3 Å². The smallest absolute Gasteiger partial charge is 0.223 e. The Morgan fingerprint density at radius 3 is 2.32 bits per heavy atom. The third-order valence-electron chi connectivity index (χ3n) is 3.13. The van der Waals surface area contributed by atoms with Crippen LogP contribution in [0.25, 0.3) is 5.69 Å². The van der Waals surface area contributed by atoms with E-state index in [0.29, 0.717) is 11.4 Å². The zero-order valence-electron chi connectivity index (χ0n) is 11.0. The number of phenols is 1. The highest BCUT2D eigenvalue weighted by Crippen LogP contribution is 2.38. The molecule has 0 saturated heterocycles. The van der Waals surface area contributed by atoms with Crippen LogP contribution in [0, 0.1) is 0 Å². The minimum Gasteiger partial charge on any atom is -0.508 e. The molecule has 0 bridgehead atoms. The molecule has 0 aliphatic carbocycles. The first kappa shape index (κ1) is 13.1. The van der Waals surface area contributed by atoms with Gasteiger partial charge in [0.1, 0.15) is 11.4 Å². The molecule has 0 radical (unpaired) electrons. The number of nitrogens with zero attached hydrogens (tertiary/aromatic N) is 2. The van der Waals surface area contributed by atoms with Gasteiger partial charge in [0.2, 0.25) is 11.8 Å². The number of anilines is 1. The van der Waals surface area contributed by atoms with E-state index in [1.165, 1.54) is 22.8 Å². The maximum atomic E-state index is 10.3. The van der Waals surface area contributed by atoms with Crippen LogP contribution in [-0.4, -0.2) is 33.0 Å². The molecule has 0 atom stereocenters. The first-order chi connectivity index (χ1) is 9.08. The SMILES string of the molecule is CCN(CC)c1cc(O)n(-c2cccc(O)c2)c1O. The molecular weight excluding hydrogens is 244 g/mol. The molecule has 0 aliphatic rings. The van der Waals surface area contributed by atoms with Crippen molar-refractivity contribution in [1.29, 1.82) is 0 Å². The van der Waals surface area contributed by atoms with Gasteiger partial charge < -0.3 is 20.2 Å². The Morgan fingerprint density at radius 2 is 1.74 bits per heavy atom. The summed E-state index contributed by atoms with van der Waals surface area (Å²) in [4.78, 5) is 1.94. The number of benzene rings is 1. The van der Waals surface area contributed by atoms with E-state index in [2.05, 4.69) is 0 Å². The van der Waals surface area contributed by atoms with Gasteiger partial charge in [-0.2, -0.15) is 0 Å². The predicted octanol–water partition coefficient (Wildman–Crippen LogP) is 2.44.